The van der Waals surface area contributed by atoms with E-state index in [2.05, 4.69) is 5.32 Å². The molecule has 0 spiro atoms. The van der Waals surface area contributed by atoms with Crippen LogP contribution in [0.1, 0.15) is 22.0 Å². The highest BCUT2D eigenvalue weighted by molar-refractivity contribution is 5.94. The van der Waals surface area contributed by atoms with Crippen LogP contribution in [0.5, 0.6) is 0 Å². The molecule has 0 heterocycles. The number of aliphatic hydroxyl groups excluding tert-OH is 1. The number of rotatable bonds is 5. The minimum atomic E-state index is -0.854. The van der Waals surface area contributed by atoms with Gasteiger partial charge >= 0.3 is 0 Å². The van der Waals surface area contributed by atoms with Crippen molar-refractivity contribution in [2.75, 3.05) is 6.54 Å². The fraction of sp³-hybridized carbons (Fsp3) is 0.105. The second-order valence-corrected chi connectivity index (χ2v) is 5.60. The van der Waals surface area contributed by atoms with E-state index in [1.165, 1.54) is 24.3 Å². The zero-order valence-corrected chi connectivity index (χ0v) is 13.3. The van der Waals surface area contributed by atoms with Crippen LogP contribution in [0.15, 0.2) is 66.7 Å². The Labute approximate surface area is 143 Å². The van der Waals surface area contributed by atoms with Gasteiger partial charge in [0.2, 0.25) is 0 Å². The quantitative estimate of drug-likeness (QED) is 0.553. The number of aliphatic hydroxyl groups is 1. The Morgan fingerprint density at radius 3 is 2.44 bits per heavy atom. The molecule has 1 unspecified atom stereocenters. The van der Waals surface area contributed by atoms with E-state index in [1.54, 1.807) is 0 Å². The molecule has 3 aromatic carbocycles. The van der Waals surface area contributed by atoms with Crippen LogP contribution in [0, 0.1) is 10.1 Å². The molecular weight excluding hydrogens is 320 g/mol. The number of carbonyl (C=O) groups is 1. The van der Waals surface area contributed by atoms with Gasteiger partial charge in [-0.25, -0.2) is 0 Å². The van der Waals surface area contributed by atoms with E-state index >= 15 is 0 Å². The lowest BCUT2D eigenvalue weighted by Gasteiger charge is -2.14. The summed E-state index contributed by atoms with van der Waals surface area (Å²) in [4.78, 5) is 22.2. The van der Waals surface area contributed by atoms with E-state index in [9.17, 15) is 20.0 Å². The first-order valence-electron chi connectivity index (χ1n) is 7.74. The largest absolute Gasteiger partial charge is 0.387 e. The molecule has 2 N–H and O–H groups in total. The van der Waals surface area contributed by atoms with Crippen molar-refractivity contribution in [3.63, 3.8) is 0 Å². The number of fused-ring (bicyclic) bond motifs is 1. The number of nitrogens with one attached hydrogen (secondary N) is 1. The number of amides is 1. The number of nitrogens with zero attached hydrogens (tertiary/aromatic N) is 1. The highest BCUT2D eigenvalue weighted by Gasteiger charge is 2.14. The summed E-state index contributed by atoms with van der Waals surface area (Å²) in [6, 6.07) is 18.7. The minimum Gasteiger partial charge on any atom is -0.387 e. The van der Waals surface area contributed by atoms with Gasteiger partial charge in [-0.2, -0.15) is 0 Å². The average molecular weight is 336 g/mol. The van der Waals surface area contributed by atoms with E-state index in [0.29, 0.717) is 5.56 Å². The second kappa shape index (κ2) is 7.11. The molecule has 3 rings (SSSR count). The van der Waals surface area contributed by atoms with Gasteiger partial charge in [0.15, 0.2) is 0 Å². The van der Waals surface area contributed by atoms with Crippen LogP contribution in [-0.2, 0) is 0 Å². The van der Waals surface area contributed by atoms with Gasteiger partial charge in [-0.05, 0) is 28.5 Å². The predicted octanol–water partition coefficient (Wildman–Crippen LogP) is 3.21. The molecule has 0 saturated heterocycles. The first-order chi connectivity index (χ1) is 12.1. The Morgan fingerprint density at radius 2 is 1.72 bits per heavy atom. The maximum absolute atomic E-state index is 12.1. The maximum atomic E-state index is 12.1. The normalized spacial score (nSPS) is 11.9. The van der Waals surface area contributed by atoms with Crippen molar-refractivity contribution in [1.82, 2.24) is 5.32 Å². The maximum Gasteiger partial charge on any atom is 0.269 e. The molecule has 0 saturated carbocycles. The zero-order valence-electron chi connectivity index (χ0n) is 13.3. The van der Waals surface area contributed by atoms with E-state index in [0.717, 1.165) is 16.3 Å². The molecule has 0 aliphatic rings. The summed E-state index contributed by atoms with van der Waals surface area (Å²) in [6.07, 6.45) is -0.854. The van der Waals surface area contributed by atoms with Crippen molar-refractivity contribution in [3.05, 3.63) is 88.0 Å². The van der Waals surface area contributed by atoms with Gasteiger partial charge in [-0.15, -0.1) is 0 Å². The third kappa shape index (κ3) is 3.64. The monoisotopic (exact) mass is 336 g/mol. The van der Waals surface area contributed by atoms with Crippen LogP contribution in [0.2, 0.25) is 0 Å². The van der Waals surface area contributed by atoms with Crippen LogP contribution in [-0.4, -0.2) is 22.5 Å². The summed E-state index contributed by atoms with van der Waals surface area (Å²) < 4.78 is 0. The number of hydrogen-bond donors (Lipinski definition) is 2. The third-order valence-electron chi connectivity index (χ3n) is 3.98. The molecule has 1 amide bonds. The first kappa shape index (κ1) is 16.6. The topological polar surface area (TPSA) is 92.5 Å². The fourth-order valence-electron chi connectivity index (χ4n) is 2.68. The lowest BCUT2D eigenvalue weighted by atomic mass is 10.0. The van der Waals surface area contributed by atoms with Gasteiger partial charge in [0.05, 0.1) is 11.0 Å². The number of non-ortho nitro benzene ring substituents is 1. The molecular formula is C19H16N2O4. The Kier molecular flexibility index (Phi) is 4.72. The number of nitro groups is 1. The highest BCUT2D eigenvalue weighted by atomic mass is 16.6. The number of benzene rings is 3. The predicted molar refractivity (Wildman–Crippen MR) is 94.3 cm³/mol. The van der Waals surface area contributed by atoms with E-state index < -0.39 is 16.9 Å². The van der Waals surface area contributed by atoms with E-state index in [-0.39, 0.29) is 12.2 Å². The summed E-state index contributed by atoms with van der Waals surface area (Å²) in [7, 11) is 0. The molecule has 3 aromatic rings. The number of carbonyl (C=O) groups excluding carboxylic acids is 1. The molecule has 0 fully saturated rings. The van der Waals surface area contributed by atoms with E-state index in [1.807, 2.05) is 42.5 Å². The Balaban J connectivity index is 1.70. The lowest BCUT2D eigenvalue weighted by Crippen LogP contribution is -2.28. The smallest absolute Gasteiger partial charge is 0.269 e. The lowest BCUT2D eigenvalue weighted by molar-refractivity contribution is -0.384. The van der Waals surface area contributed by atoms with Crippen LogP contribution >= 0.6 is 0 Å². The van der Waals surface area contributed by atoms with Crippen molar-refractivity contribution >= 4 is 22.4 Å². The molecule has 6 nitrogen and oxygen atoms in total. The van der Waals surface area contributed by atoms with Gasteiger partial charge in [0.25, 0.3) is 11.6 Å². The molecule has 1 atom stereocenters. The third-order valence-corrected chi connectivity index (χ3v) is 3.98. The van der Waals surface area contributed by atoms with Gasteiger partial charge in [0.1, 0.15) is 0 Å². The molecule has 0 bridgehead atoms. The van der Waals surface area contributed by atoms with Crippen molar-refractivity contribution in [3.8, 4) is 0 Å². The summed E-state index contributed by atoms with van der Waals surface area (Å²) in [5.41, 5.74) is 0.963. The Hall–Kier alpha value is -3.25. The average Bonchev–Trinajstić information content (AvgIpc) is 2.65. The molecule has 0 aliphatic carbocycles. The van der Waals surface area contributed by atoms with Gasteiger partial charge in [0, 0.05) is 24.2 Å². The zero-order chi connectivity index (χ0) is 17.8. The molecule has 0 aromatic heterocycles. The second-order valence-electron chi connectivity index (χ2n) is 5.60. The first-order valence-corrected chi connectivity index (χ1v) is 7.74. The number of hydrogen-bond acceptors (Lipinski definition) is 4. The molecule has 0 aliphatic heterocycles. The molecule has 6 heteroatoms. The molecule has 126 valence electrons. The standard InChI is InChI=1S/C19H16N2O4/c22-18(17-7-3-5-13-4-1-2-6-16(13)17)12-20-19(23)14-8-10-15(11-9-14)21(24)25/h1-11,18,22H,12H2,(H,20,23). The summed E-state index contributed by atoms with van der Waals surface area (Å²) in [6.45, 7) is 0.0455. The SMILES string of the molecule is O=C(NCC(O)c1cccc2ccccc12)c1ccc([N+](=O)[O-])cc1. The van der Waals surface area contributed by atoms with Crippen LogP contribution in [0.4, 0.5) is 5.69 Å². The highest BCUT2D eigenvalue weighted by Crippen LogP contribution is 2.24. The van der Waals surface area contributed by atoms with Gasteiger partial charge in [-0.3, -0.25) is 14.9 Å². The van der Waals surface area contributed by atoms with Crippen LogP contribution in [0.25, 0.3) is 10.8 Å². The van der Waals surface area contributed by atoms with Crippen LogP contribution in [0.3, 0.4) is 0 Å². The van der Waals surface area contributed by atoms with Gasteiger partial charge in [-0.1, -0.05) is 42.5 Å². The van der Waals surface area contributed by atoms with Crippen LogP contribution < -0.4 is 5.32 Å². The molecule has 0 radical (unpaired) electrons. The fourth-order valence-corrected chi connectivity index (χ4v) is 2.68. The summed E-state index contributed by atoms with van der Waals surface area (Å²) >= 11 is 0. The van der Waals surface area contributed by atoms with Crippen molar-refractivity contribution in [2.45, 2.75) is 6.10 Å². The number of nitro benzene ring substituents is 1. The van der Waals surface area contributed by atoms with Crippen molar-refractivity contribution < 1.29 is 14.8 Å². The van der Waals surface area contributed by atoms with Crippen molar-refractivity contribution in [1.29, 1.82) is 0 Å². The van der Waals surface area contributed by atoms with Gasteiger partial charge < -0.3 is 10.4 Å². The summed E-state index contributed by atoms with van der Waals surface area (Å²) in [5.74, 6) is -0.394. The molecule has 25 heavy (non-hydrogen) atoms. The Bertz CT molecular complexity index is 917. The summed E-state index contributed by atoms with van der Waals surface area (Å²) in [5, 5.41) is 25.7. The Morgan fingerprint density at radius 1 is 1.04 bits per heavy atom. The van der Waals surface area contributed by atoms with E-state index in [4.69, 9.17) is 0 Å². The minimum absolute atomic E-state index is 0.0455. The van der Waals surface area contributed by atoms with Crippen molar-refractivity contribution in [2.24, 2.45) is 0 Å².